The van der Waals surface area contributed by atoms with Crippen LogP contribution >= 0.6 is 0 Å². The Balaban J connectivity index is 2.46. The molecule has 0 aliphatic heterocycles. The first-order valence-corrected chi connectivity index (χ1v) is 10.1. The number of rotatable bonds is 6. The summed E-state index contributed by atoms with van der Waals surface area (Å²) in [4.78, 5) is 0. The fourth-order valence-corrected chi connectivity index (χ4v) is 7.68. The first-order chi connectivity index (χ1) is 6.88. The van der Waals surface area contributed by atoms with Gasteiger partial charge in [0, 0.05) is 0 Å². The van der Waals surface area contributed by atoms with E-state index in [2.05, 4.69) is 18.7 Å². The van der Waals surface area contributed by atoms with E-state index in [-0.39, 0.29) is 9.76 Å². The molecule has 0 fully saturated rings. The van der Waals surface area contributed by atoms with Gasteiger partial charge >= 0.3 is 9.28 Å². The number of hydrogen-bond acceptors (Lipinski definition) is 3. The molecular formula is C7H16O3Si4. The van der Waals surface area contributed by atoms with Crippen LogP contribution in [-0.2, 0) is 12.3 Å². The second kappa shape index (κ2) is 7.28. The van der Waals surface area contributed by atoms with E-state index in [4.69, 9.17) is 12.3 Å². The first-order valence-electron chi connectivity index (χ1n) is 4.65. The Kier molecular flexibility index (Phi) is 6.26. The van der Waals surface area contributed by atoms with Gasteiger partial charge in [-0.05, 0) is 5.19 Å². The molecule has 1 unspecified atom stereocenters. The Bertz CT molecular complexity index is 246. The molecule has 0 saturated heterocycles. The van der Waals surface area contributed by atoms with Crippen molar-refractivity contribution >= 4 is 44.7 Å². The van der Waals surface area contributed by atoms with Crippen LogP contribution < -0.4 is 5.19 Å². The van der Waals surface area contributed by atoms with Crippen LogP contribution in [0.2, 0.25) is 6.55 Å². The van der Waals surface area contributed by atoms with Crippen LogP contribution in [-0.4, -0.2) is 39.5 Å². The molecule has 0 heterocycles. The third kappa shape index (κ3) is 4.00. The molecule has 0 aromatic heterocycles. The molecular weight excluding hydrogens is 244 g/mol. The Morgan fingerprint density at radius 2 is 2.00 bits per heavy atom. The molecule has 0 bridgehead atoms. The maximum Gasteiger partial charge on any atom is 0.335 e. The quantitative estimate of drug-likeness (QED) is 0.421. The lowest BCUT2D eigenvalue weighted by Crippen LogP contribution is -2.38. The molecule has 1 aromatic rings. The van der Waals surface area contributed by atoms with Crippen molar-refractivity contribution in [3.05, 3.63) is 30.3 Å². The lowest BCUT2D eigenvalue weighted by atomic mass is 10.4. The lowest BCUT2D eigenvalue weighted by Gasteiger charge is -2.14. The van der Waals surface area contributed by atoms with Gasteiger partial charge in [-0.1, -0.05) is 36.9 Å². The largest absolute Gasteiger partial charge is 0.447 e. The highest BCUT2D eigenvalue weighted by atomic mass is 28.4. The van der Waals surface area contributed by atoms with Crippen LogP contribution in [0.4, 0.5) is 0 Å². The highest BCUT2D eigenvalue weighted by Gasteiger charge is 2.12. The molecule has 0 amide bonds. The van der Waals surface area contributed by atoms with E-state index >= 15 is 0 Å². The van der Waals surface area contributed by atoms with Gasteiger partial charge in [-0.3, -0.25) is 0 Å². The summed E-state index contributed by atoms with van der Waals surface area (Å²) < 4.78 is 16.6. The predicted octanol–water partition coefficient (Wildman–Crippen LogP) is -2.42. The van der Waals surface area contributed by atoms with Gasteiger partial charge in [0.05, 0.1) is 0 Å². The van der Waals surface area contributed by atoms with E-state index in [1.54, 1.807) is 0 Å². The van der Waals surface area contributed by atoms with Crippen molar-refractivity contribution in [1.82, 2.24) is 0 Å². The SMILES string of the molecule is C[SiH2]O[SiH2]O[SiH](O[SiH3])c1ccccc1. The minimum absolute atomic E-state index is 0.302. The van der Waals surface area contributed by atoms with Gasteiger partial charge in [0.25, 0.3) is 10.0 Å². The Morgan fingerprint density at radius 3 is 2.57 bits per heavy atom. The van der Waals surface area contributed by atoms with Crippen LogP contribution in [0.1, 0.15) is 0 Å². The molecule has 0 N–H and O–H groups in total. The second-order valence-electron chi connectivity index (χ2n) is 2.76. The minimum Gasteiger partial charge on any atom is -0.447 e. The molecule has 0 saturated carbocycles. The van der Waals surface area contributed by atoms with Crippen LogP contribution in [0.3, 0.4) is 0 Å². The second-order valence-corrected chi connectivity index (χ2v) is 9.75. The molecule has 1 rings (SSSR count). The summed E-state index contributed by atoms with van der Waals surface area (Å²) in [5.41, 5.74) is 0. The first kappa shape index (κ1) is 12.0. The zero-order valence-corrected chi connectivity index (χ0v) is 14.6. The highest BCUT2D eigenvalue weighted by Crippen LogP contribution is 1.90. The molecule has 0 spiro atoms. The van der Waals surface area contributed by atoms with Crippen LogP contribution in [0.15, 0.2) is 30.3 Å². The van der Waals surface area contributed by atoms with Crippen LogP contribution in [0, 0.1) is 0 Å². The fourth-order valence-electron chi connectivity index (χ4n) is 1.10. The molecule has 0 aliphatic rings. The van der Waals surface area contributed by atoms with Gasteiger partial charge in [-0.15, -0.1) is 0 Å². The van der Waals surface area contributed by atoms with Crippen molar-refractivity contribution in [2.75, 3.05) is 0 Å². The Morgan fingerprint density at radius 1 is 1.29 bits per heavy atom. The van der Waals surface area contributed by atoms with E-state index in [1.165, 1.54) is 5.19 Å². The summed E-state index contributed by atoms with van der Waals surface area (Å²) >= 11 is 0. The van der Waals surface area contributed by atoms with Crippen molar-refractivity contribution in [3.63, 3.8) is 0 Å². The molecule has 78 valence electrons. The van der Waals surface area contributed by atoms with Crippen molar-refractivity contribution in [3.8, 4) is 0 Å². The lowest BCUT2D eigenvalue weighted by molar-refractivity contribution is 0.424. The van der Waals surface area contributed by atoms with E-state index in [1.807, 2.05) is 18.2 Å². The summed E-state index contributed by atoms with van der Waals surface area (Å²) in [5, 5.41) is 1.22. The summed E-state index contributed by atoms with van der Waals surface area (Å²) in [5.74, 6) is 0. The van der Waals surface area contributed by atoms with Gasteiger partial charge in [0.2, 0.25) is 0 Å². The third-order valence-corrected chi connectivity index (χ3v) is 8.49. The molecule has 3 nitrogen and oxygen atoms in total. The zero-order valence-electron chi connectivity index (χ0n) is 8.60. The molecule has 7 heteroatoms. The van der Waals surface area contributed by atoms with E-state index in [0.29, 0.717) is 0 Å². The van der Waals surface area contributed by atoms with Gasteiger partial charge in [-0.2, -0.15) is 0 Å². The normalized spacial score (nSPS) is 14.6. The standard InChI is InChI=1S/C7H16O3Si4/c1-12-9-13-10-14(8-11)7-5-3-2-4-6-7/h2-6,14H,12-13H2,1,11H3. The summed E-state index contributed by atoms with van der Waals surface area (Å²) in [6.07, 6.45) is 0. The Labute approximate surface area is 94.2 Å². The maximum atomic E-state index is 5.72. The third-order valence-electron chi connectivity index (χ3n) is 1.79. The van der Waals surface area contributed by atoms with Crippen molar-refractivity contribution in [2.45, 2.75) is 6.55 Å². The van der Waals surface area contributed by atoms with Crippen LogP contribution in [0.25, 0.3) is 0 Å². The van der Waals surface area contributed by atoms with Gasteiger partial charge < -0.3 is 12.3 Å². The maximum absolute atomic E-state index is 5.72. The average Bonchev–Trinajstić information content (AvgIpc) is 2.26. The summed E-state index contributed by atoms with van der Waals surface area (Å²) in [6, 6.07) is 10.2. The molecule has 1 aromatic carbocycles. The van der Waals surface area contributed by atoms with E-state index in [9.17, 15) is 0 Å². The monoisotopic (exact) mass is 260 g/mol. The smallest absolute Gasteiger partial charge is 0.335 e. The van der Waals surface area contributed by atoms with Crippen molar-refractivity contribution < 1.29 is 12.3 Å². The zero-order chi connectivity index (χ0) is 10.2. The van der Waals surface area contributed by atoms with Gasteiger partial charge in [0.1, 0.15) is 20.2 Å². The van der Waals surface area contributed by atoms with E-state index < -0.39 is 19.3 Å². The van der Waals surface area contributed by atoms with Crippen LogP contribution in [0.5, 0.6) is 0 Å². The van der Waals surface area contributed by atoms with Crippen molar-refractivity contribution in [1.29, 1.82) is 0 Å². The number of benzene rings is 1. The highest BCUT2D eigenvalue weighted by molar-refractivity contribution is 6.68. The predicted molar refractivity (Wildman–Crippen MR) is 69.4 cm³/mol. The molecule has 1 atom stereocenters. The summed E-state index contributed by atoms with van der Waals surface area (Å²) in [7, 11) is -1.91. The molecule has 0 radical (unpaired) electrons. The van der Waals surface area contributed by atoms with Gasteiger partial charge in [0.15, 0.2) is 0 Å². The Hall–Kier alpha value is -0.0325. The minimum atomic E-state index is -1.58. The fraction of sp³-hybridized carbons (Fsp3) is 0.143. The van der Waals surface area contributed by atoms with E-state index in [0.717, 1.165) is 10.5 Å². The topological polar surface area (TPSA) is 27.7 Å². The molecule has 0 aliphatic carbocycles. The van der Waals surface area contributed by atoms with Gasteiger partial charge in [-0.25, -0.2) is 0 Å². The summed E-state index contributed by atoms with van der Waals surface area (Å²) in [6.45, 7) is 2.12. The average molecular weight is 261 g/mol. The number of hydrogen-bond donors (Lipinski definition) is 0. The molecule has 14 heavy (non-hydrogen) atoms. The van der Waals surface area contributed by atoms with Crippen molar-refractivity contribution in [2.24, 2.45) is 0 Å².